The van der Waals surface area contributed by atoms with Crippen LogP contribution in [-0.4, -0.2) is 10.1 Å². The minimum atomic E-state index is 0.272. The molecule has 1 heterocycles. The van der Waals surface area contributed by atoms with Crippen LogP contribution in [0.5, 0.6) is 5.75 Å². The van der Waals surface area contributed by atoms with Crippen LogP contribution in [0, 0.1) is 23.7 Å². The number of rotatable bonds is 10. The van der Waals surface area contributed by atoms with Gasteiger partial charge in [-0.1, -0.05) is 96.8 Å². The Bertz CT molecular complexity index is 524. The lowest BCUT2D eigenvalue weighted by molar-refractivity contribution is 0.208. The first-order valence-corrected chi connectivity index (χ1v) is 12.4. The Kier molecular flexibility index (Phi) is 9.15. The molecule has 2 fully saturated rings. The van der Waals surface area contributed by atoms with E-state index >= 15 is 0 Å². The topological polar surface area (TPSA) is 33.1 Å². The summed E-state index contributed by atoms with van der Waals surface area (Å²) in [5.74, 6) is 4.27. The molecule has 0 unspecified atom stereocenters. The van der Waals surface area contributed by atoms with Gasteiger partial charge in [0.15, 0.2) is 0 Å². The molecule has 3 rings (SSSR count). The highest BCUT2D eigenvalue weighted by Gasteiger charge is 2.24. The lowest BCUT2D eigenvalue weighted by atomic mass is 9.74. The average molecular weight is 386 g/mol. The molecule has 0 atom stereocenters. The molecule has 2 aliphatic rings. The van der Waals surface area contributed by atoms with Crippen LogP contribution < -0.4 is 0 Å². The molecule has 28 heavy (non-hydrogen) atoms. The molecule has 2 saturated carbocycles. The second-order valence-electron chi connectivity index (χ2n) is 9.89. The zero-order valence-electron chi connectivity index (χ0n) is 18.2. The molecule has 2 heteroatoms. The summed E-state index contributed by atoms with van der Waals surface area (Å²) in [6.45, 7) is 2.32. The Morgan fingerprint density at radius 2 is 1.29 bits per heavy atom. The van der Waals surface area contributed by atoms with Gasteiger partial charge in [0.05, 0.1) is 6.20 Å². The van der Waals surface area contributed by atoms with Crippen molar-refractivity contribution in [2.24, 2.45) is 23.7 Å². The number of aromatic hydroxyl groups is 1. The van der Waals surface area contributed by atoms with Crippen molar-refractivity contribution in [2.75, 3.05) is 0 Å². The normalized spacial score (nSPS) is 28.3. The molecule has 2 nitrogen and oxygen atoms in total. The largest absolute Gasteiger partial charge is 0.506 e. The van der Waals surface area contributed by atoms with Crippen molar-refractivity contribution in [3.63, 3.8) is 0 Å². The van der Waals surface area contributed by atoms with E-state index in [-0.39, 0.29) is 5.75 Å². The van der Waals surface area contributed by atoms with Crippen LogP contribution in [0.2, 0.25) is 0 Å². The van der Waals surface area contributed by atoms with Crippen molar-refractivity contribution in [2.45, 2.75) is 110 Å². The number of pyridine rings is 1. The lowest BCUT2D eigenvalue weighted by Crippen LogP contribution is -2.18. The predicted molar refractivity (Wildman–Crippen MR) is 118 cm³/mol. The highest BCUT2D eigenvalue weighted by Crippen LogP contribution is 2.38. The molecule has 0 spiro atoms. The van der Waals surface area contributed by atoms with Gasteiger partial charge >= 0.3 is 0 Å². The third-order valence-electron chi connectivity index (χ3n) is 7.75. The fourth-order valence-electron chi connectivity index (χ4n) is 5.69. The SMILES string of the molecule is CCCCC[C@H]1CC[C@H](CCC2CCC(CCc3ccc(O)cn3)CC2)CC1. The molecular formula is C26H43NO. The molecule has 0 amide bonds. The minimum Gasteiger partial charge on any atom is -0.506 e. The van der Waals surface area contributed by atoms with Gasteiger partial charge in [0.1, 0.15) is 5.75 Å². The van der Waals surface area contributed by atoms with E-state index in [2.05, 4.69) is 11.9 Å². The quantitative estimate of drug-likeness (QED) is 0.419. The van der Waals surface area contributed by atoms with E-state index in [1.54, 1.807) is 12.3 Å². The summed E-state index contributed by atoms with van der Waals surface area (Å²) >= 11 is 0. The van der Waals surface area contributed by atoms with E-state index in [9.17, 15) is 5.11 Å². The van der Waals surface area contributed by atoms with Crippen molar-refractivity contribution in [1.82, 2.24) is 4.98 Å². The first-order valence-electron chi connectivity index (χ1n) is 12.4. The van der Waals surface area contributed by atoms with Crippen LogP contribution in [0.25, 0.3) is 0 Å². The van der Waals surface area contributed by atoms with Crippen LogP contribution in [0.4, 0.5) is 0 Å². The van der Waals surface area contributed by atoms with Crippen molar-refractivity contribution < 1.29 is 5.11 Å². The number of aromatic nitrogens is 1. The van der Waals surface area contributed by atoms with Crippen molar-refractivity contribution in [3.05, 3.63) is 24.0 Å². The van der Waals surface area contributed by atoms with Crippen LogP contribution in [-0.2, 0) is 6.42 Å². The molecular weight excluding hydrogens is 342 g/mol. The molecule has 2 aliphatic carbocycles. The molecule has 0 aliphatic heterocycles. The molecule has 158 valence electrons. The predicted octanol–water partition coefficient (Wildman–Crippen LogP) is 7.69. The van der Waals surface area contributed by atoms with E-state index in [1.165, 1.54) is 96.3 Å². The lowest BCUT2D eigenvalue weighted by Gasteiger charge is -2.32. The number of unbranched alkanes of at least 4 members (excludes halogenated alkanes) is 2. The highest BCUT2D eigenvalue weighted by molar-refractivity contribution is 5.17. The van der Waals surface area contributed by atoms with Gasteiger partial charge in [-0.15, -0.1) is 0 Å². The van der Waals surface area contributed by atoms with Crippen LogP contribution in [0.15, 0.2) is 18.3 Å². The van der Waals surface area contributed by atoms with Gasteiger partial charge in [-0.2, -0.15) is 0 Å². The summed E-state index contributed by atoms with van der Waals surface area (Å²) in [6, 6.07) is 3.73. The maximum Gasteiger partial charge on any atom is 0.133 e. The van der Waals surface area contributed by atoms with Gasteiger partial charge < -0.3 is 5.11 Å². The number of hydrogen-bond donors (Lipinski definition) is 1. The van der Waals surface area contributed by atoms with Gasteiger partial charge in [-0.25, -0.2) is 0 Å². The third kappa shape index (κ3) is 7.41. The number of hydrogen-bond acceptors (Lipinski definition) is 2. The average Bonchev–Trinajstić information content (AvgIpc) is 2.74. The Hall–Kier alpha value is -1.05. The fourth-order valence-corrected chi connectivity index (χ4v) is 5.69. The monoisotopic (exact) mass is 385 g/mol. The van der Waals surface area contributed by atoms with Gasteiger partial charge in [-0.05, 0) is 48.6 Å². The maximum absolute atomic E-state index is 9.34. The second kappa shape index (κ2) is 11.8. The summed E-state index contributed by atoms with van der Waals surface area (Å²) in [4.78, 5) is 4.33. The van der Waals surface area contributed by atoms with Crippen LogP contribution in [0.1, 0.15) is 109 Å². The van der Waals surface area contributed by atoms with Gasteiger partial charge in [0.25, 0.3) is 0 Å². The smallest absolute Gasteiger partial charge is 0.133 e. The highest BCUT2D eigenvalue weighted by atomic mass is 16.3. The zero-order valence-corrected chi connectivity index (χ0v) is 18.2. The standard InChI is InChI=1S/C26H43NO/c1-2-3-4-5-21-6-8-22(9-7-21)10-11-23-12-14-24(15-13-23)16-17-25-18-19-26(28)20-27-25/h18-24,28H,2-17H2,1H3/t21-,22-,23?,24?. The molecule has 0 bridgehead atoms. The third-order valence-corrected chi connectivity index (χ3v) is 7.75. The van der Waals surface area contributed by atoms with Crippen molar-refractivity contribution in [1.29, 1.82) is 0 Å². The van der Waals surface area contributed by atoms with E-state index in [0.717, 1.165) is 35.8 Å². The Balaban J connectivity index is 1.24. The van der Waals surface area contributed by atoms with Gasteiger partial charge in [0.2, 0.25) is 0 Å². The van der Waals surface area contributed by atoms with Gasteiger partial charge in [0, 0.05) is 5.69 Å². The second-order valence-corrected chi connectivity index (χ2v) is 9.89. The molecule has 1 aromatic heterocycles. The van der Waals surface area contributed by atoms with E-state index < -0.39 is 0 Å². The first kappa shape index (κ1) is 21.7. The molecule has 0 aromatic carbocycles. The summed E-state index contributed by atoms with van der Waals surface area (Å²) in [5.41, 5.74) is 1.13. The van der Waals surface area contributed by atoms with E-state index in [4.69, 9.17) is 0 Å². The van der Waals surface area contributed by atoms with Gasteiger partial charge in [-0.3, -0.25) is 4.98 Å². The number of aryl methyl sites for hydroxylation is 1. The Morgan fingerprint density at radius 3 is 1.79 bits per heavy atom. The Morgan fingerprint density at radius 1 is 0.750 bits per heavy atom. The maximum atomic E-state index is 9.34. The summed E-state index contributed by atoms with van der Waals surface area (Å²) < 4.78 is 0. The molecule has 1 aromatic rings. The first-order chi connectivity index (χ1) is 13.7. The van der Waals surface area contributed by atoms with E-state index in [0.29, 0.717) is 0 Å². The molecule has 0 saturated heterocycles. The Labute approximate surface area is 173 Å². The minimum absolute atomic E-state index is 0.272. The van der Waals surface area contributed by atoms with E-state index in [1.807, 2.05) is 6.07 Å². The zero-order chi connectivity index (χ0) is 19.6. The van der Waals surface area contributed by atoms with Crippen molar-refractivity contribution in [3.8, 4) is 5.75 Å². The summed E-state index contributed by atoms with van der Waals surface area (Å²) in [5, 5.41) is 9.34. The fraction of sp³-hybridized carbons (Fsp3) is 0.808. The molecule has 0 radical (unpaired) electrons. The summed E-state index contributed by atoms with van der Waals surface area (Å²) in [6.07, 6.45) is 24.5. The van der Waals surface area contributed by atoms with Crippen molar-refractivity contribution >= 4 is 0 Å². The van der Waals surface area contributed by atoms with Crippen LogP contribution >= 0.6 is 0 Å². The molecule has 1 N–H and O–H groups in total. The van der Waals surface area contributed by atoms with Crippen LogP contribution in [0.3, 0.4) is 0 Å². The number of nitrogens with zero attached hydrogens (tertiary/aromatic N) is 1. The summed E-state index contributed by atoms with van der Waals surface area (Å²) in [7, 11) is 0.